The molecule has 0 radical (unpaired) electrons. The molecule has 80 valence electrons. The summed E-state index contributed by atoms with van der Waals surface area (Å²) in [7, 11) is 0. The molecule has 5 heteroatoms. The van der Waals surface area contributed by atoms with Gasteiger partial charge in [0.2, 0.25) is 0 Å². The van der Waals surface area contributed by atoms with Crippen LogP contribution in [0.2, 0.25) is 5.02 Å². The van der Waals surface area contributed by atoms with Crippen LogP contribution >= 0.6 is 11.6 Å². The Morgan fingerprint density at radius 1 is 1.25 bits per heavy atom. The van der Waals surface area contributed by atoms with E-state index in [1.807, 2.05) is 0 Å². The van der Waals surface area contributed by atoms with Gasteiger partial charge < -0.3 is 0 Å². The Labute approximate surface area is 96.7 Å². The molecular formula is C11H7ClN2O2. The lowest BCUT2D eigenvalue weighted by molar-refractivity contribution is -0.384. The lowest BCUT2D eigenvalue weighted by atomic mass is 10.1. The van der Waals surface area contributed by atoms with Crippen molar-refractivity contribution < 1.29 is 4.92 Å². The number of pyridine rings is 1. The number of para-hydroxylation sites is 1. The van der Waals surface area contributed by atoms with Crippen molar-refractivity contribution in [2.45, 2.75) is 0 Å². The topological polar surface area (TPSA) is 56.0 Å². The minimum Gasteiger partial charge on any atom is -0.258 e. The fourth-order valence-corrected chi connectivity index (χ4v) is 1.56. The van der Waals surface area contributed by atoms with Gasteiger partial charge in [0, 0.05) is 17.3 Å². The van der Waals surface area contributed by atoms with Crippen LogP contribution in [0.5, 0.6) is 0 Å². The van der Waals surface area contributed by atoms with Gasteiger partial charge in [-0.25, -0.2) is 0 Å². The van der Waals surface area contributed by atoms with E-state index in [1.54, 1.807) is 30.3 Å². The van der Waals surface area contributed by atoms with Crippen molar-refractivity contribution in [2.24, 2.45) is 0 Å². The van der Waals surface area contributed by atoms with Crippen molar-refractivity contribution >= 4 is 17.3 Å². The molecule has 0 atom stereocenters. The van der Waals surface area contributed by atoms with Gasteiger partial charge in [-0.3, -0.25) is 15.1 Å². The predicted molar refractivity (Wildman–Crippen MR) is 61.3 cm³/mol. The van der Waals surface area contributed by atoms with E-state index >= 15 is 0 Å². The maximum Gasteiger partial charge on any atom is 0.278 e. The zero-order chi connectivity index (χ0) is 11.5. The minimum absolute atomic E-state index is 0.0252. The Kier molecular flexibility index (Phi) is 2.83. The third kappa shape index (κ3) is 2.01. The maximum absolute atomic E-state index is 10.8. The lowest BCUT2D eigenvalue weighted by Gasteiger charge is -2.01. The minimum atomic E-state index is -0.433. The summed E-state index contributed by atoms with van der Waals surface area (Å²) in [5.41, 5.74) is 0.993. The molecule has 0 N–H and O–H groups in total. The van der Waals surface area contributed by atoms with E-state index in [0.717, 1.165) is 0 Å². The van der Waals surface area contributed by atoms with Crippen molar-refractivity contribution in [3.05, 3.63) is 57.7 Å². The molecule has 0 saturated carbocycles. The standard InChI is InChI=1S/C11H7ClN2O2/c12-8-5-6-13-10(7-8)9-3-1-2-4-11(9)14(15)16/h1-7H. The Bertz CT molecular complexity index is 543. The summed E-state index contributed by atoms with van der Waals surface area (Å²) in [6.07, 6.45) is 1.52. The smallest absolute Gasteiger partial charge is 0.258 e. The number of nitro benzene ring substituents is 1. The Morgan fingerprint density at radius 3 is 2.69 bits per heavy atom. The summed E-state index contributed by atoms with van der Waals surface area (Å²) in [6.45, 7) is 0. The molecule has 0 saturated heterocycles. The van der Waals surface area contributed by atoms with Crippen molar-refractivity contribution in [1.29, 1.82) is 0 Å². The number of hydrogen-bond donors (Lipinski definition) is 0. The molecule has 2 aromatic rings. The van der Waals surface area contributed by atoms with Crippen LogP contribution in [-0.2, 0) is 0 Å². The highest BCUT2D eigenvalue weighted by Crippen LogP contribution is 2.28. The van der Waals surface area contributed by atoms with Crippen LogP contribution in [0.1, 0.15) is 0 Å². The van der Waals surface area contributed by atoms with Crippen LogP contribution in [0.3, 0.4) is 0 Å². The van der Waals surface area contributed by atoms with E-state index in [1.165, 1.54) is 12.3 Å². The van der Waals surface area contributed by atoms with Crippen LogP contribution in [0, 0.1) is 10.1 Å². The highest BCUT2D eigenvalue weighted by atomic mass is 35.5. The first kappa shape index (κ1) is 10.6. The van der Waals surface area contributed by atoms with Crippen LogP contribution in [0.25, 0.3) is 11.3 Å². The molecule has 0 bridgehead atoms. The molecule has 1 heterocycles. The average molecular weight is 235 g/mol. The number of aromatic nitrogens is 1. The van der Waals surface area contributed by atoms with Crippen LogP contribution in [0.4, 0.5) is 5.69 Å². The fraction of sp³-hybridized carbons (Fsp3) is 0. The van der Waals surface area contributed by atoms with Gasteiger partial charge in [-0.1, -0.05) is 23.7 Å². The summed E-state index contributed by atoms with van der Waals surface area (Å²) in [6, 6.07) is 9.66. The van der Waals surface area contributed by atoms with E-state index in [0.29, 0.717) is 16.3 Å². The van der Waals surface area contributed by atoms with E-state index in [2.05, 4.69) is 4.98 Å². The first-order chi connectivity index (χ1) is 7.68. The van der Waals surface area contributed by atoms with Crippen LogP contribution < -0.4 is 0 Å². The molecule has 0 unspecified atom stereocenters. The molecule has 0 aliphatic carbocycles. The van der Waals surface area contributed by atoms with E-state index in [9.17, 15) is 10.1 Å². The lowest BCUT2D eigenvalue weighted by Crippen LogP contribution is -1.92. The zero-order valence-corrected chi connectivity index (χ0v) is 8.89. The van der Waals surface area contributed by atoms with Gasteiger partial charge in [-0.2, -0.15) is 0 Å². The molecule has 2 rings (SSSR count). The third-order valence-corrected chi connectivity index (χ3v) is 2.33. The molecule has 16 heavy (non-hydrogen) atoms. The quantitative estimate of drug-likeness (QED) is 0.592. The molecule has 4 nitrogen and oxygen atoms in total. The van der Waals surface area contributed by atoms with Crippen molar-refractivity contribution in [3.63, 3.8) is 0 Å². The third-order valence-electron chi connectivity index (χ3n) is 2.10. The van der Waals surface area contributed by atoms with E-state index < -0.39 is 4.92 Å². The van der Waals surface area contributed by atoms with Gasteiger partial charge in [0.15, 0.2) is 0 Å². The highest BCUT2D eigenvalue weighted by molar-refractivity contribution is 6.30. The molecule has 0 fully saturated rings. The molecule has 1 aromatic heterocycles. The first-order valence-electron chi connectivity index (χ1n) is 4.54. The highest BCUT2D eigenvalue weighted by Gasteiger charge is 2.14. The van der Waals surface area contributed by atoms with Gasteiger partial charge in [0.25, 0.3) is 5.69 Å². The summed E-state index contributed by atoms with van der Waals surface area (Å²) in [5.74, 6) is 0. The van der Waals surface area contributed by atoms with Gasteiger partial charge in [-0.05, 0) is 18.2 Å². The summed E-state index contributed by atoms with van der Waals surface area (Å²) < 4.78 is 0. The Balaban J connectivity index is 2.60. The number of nitrogens with zero attached hydrogens (tertiary/aromatic N) is 2. The van der Waals surface area contributed by atoms with Gasteiger partial charge in [0.05, 0.1) is 16.2 Å². The normalized spacial score (nSPS) is 10.1. The molecule has 0 spiro atoms. The van der Waals surface area contributed by atoms with Crippen molar-refractivity contribution in [3.8, 4) is 11.3 Å². The molecular weight excluding hydrogens is 228 g/mol. The van der Waals surface area contributed by atoms with Crippen molar-refractivity contribution in [1.82, 2.24) is 4.98 Å². The summed E-state index contributed by atoms with van der Waals surface area (Å²) >= 11 is 5.82. The second-order valence-electron chi connectivity index (χ2n) is 3.13. The van der Waals surface area contributed by atoms with Crippen LogP contribution in [-0.4, -0.2) is 9.91 Å². The van der Waals surface area contributed by atoms with Crippen molar-refractivity contribution in [2.75, 3.05) is 0 Å². The number of halogens is 1. The molecule has 1 aromatic carbocycles. The Hall–Kier alpha value is -1.94. The van der Waals surface area contributed by atoms with Gasteiger partial charge >= 0.3 is 0 Å². The first-order valence-corrected chi connectivity index (χ1v) is 4.91. The molecule has 0 amide bonds. The predicted octanol–water partition coefficient (Wildman–Crippen LogP) is 3.31. The number of nitro groups is 1. The molecule has 0 aliphatic heterocycles. The fourth-order valence-electron chi connectivity index (χ4n) is 1.40. The largest absolute Gasteiger partial charge is 0.278 e. The number of rotatable bonds is 2. The van der Waals surface area contributed by atoms with E-state index in [4.69, 9.17) is 11.6 Å². The zero-order valence-electron chi connectivity index (χ0n) is 8.13. The number of benzene rings is 1. The summed E-state index contributed by atoms with van der Waals surface area (Å²) in [5, 5.41) is 11.3. The summed E-state index contributed by atoms with van der Waals surface area (Å²) in [4.78, 5) is 14.5. The average Bonchev–Trinajstić information content (AvgIpc) is 2.29. The monoisotopic (exact) mass is 234 g/mol. The maximum atomic E-state index is 10.8. The van der Waals surface area contributed by atoms with Gasteiger partial charge in [-0.15, -0.1) is 0 Å². The molecule has 0 aliphatic rings. The van der Waals surface area contributed by atoms with Gasteiger partial charge in [0.1, 0.15) is 0 Å². The Morgan fingerprint density at radius 2 is 2.00 bits per heavy atom. The second-order valence-corrected chi connectivity index (χ2v) is 3.57. The second kappa shape index (κ2) is 4.28. The number of hydrogen-bond acceptors (Lipinski definition) is 3. The SMILES string of the molecule is O=[N+]([O-])c1ccccc1-c1cc(Cl)ccn1. The van der Waals surface area contributed by atoms with E-state index in [-0.39, 0.29) is 5.69 Å². The van der Waals surface area contributed by atoms with Crippen LogP contribution in [0.15, 0.2) is 42.6 Å².